The quantitative estimate of drug-likeness (QED) is 0.102. The number of hydrogen-bond acceptors (Lipinski definition) is 4. The summed E-state index contributed by atoms with van der Waals surface area (Å²) in [6.45, 7) is 21.6. The minimum Gasteiger partial charge on any atom is -0.462 e. The van der Waals surface area contributed by atoms with E-state index in [0.29, 0.717) is 36.0 Å². The van der Waals surface area contributed by atoms with E-state index in [1.54, 1.807) is 5.57 Å². The van der Waals surface area contributed by atoms with Crippen LogP contribution in [0.15, 0.2) is 11.6 Å². The summed E-state index contributed by atoms with van der Waals surface area (Å²) >= 11 is 0. The molecule has 0 saturated heterocycles. The number of carbonyl (C=O) groups excluding carboxylic acids is 1. The summed E-state index contributed by atoms with van der Waals surface area (Å²) in [6, 6.07) is 0. The van der Waals surface area contributed by atoms with Gasteiger partial charge in [-0.1, -0.05) is 151 Å². The third-order valence-corrected chi connectivity index (χ3v) is 17.2. The number of unbranched alkanes of at least 4 members (excludes halogenated alkanes) is 12. The lowest BCUT2D eigenvalue weighted by Crippen LogP contribution is -2.71. The first kappa shape index (κ1) is 40.3. The topological polar surface area (TPSA) is 66.8 Å². The van der Waals surface area contributed by atoms with Crippen molar-refractivity contribution < 1.29 is 19.7 Å². The van der Waals surface area contributed by atoms with Crippen molar-refractivity contribution in [3.05, 3.63) is 11.6 Å². The highest BCUT2D eigenvalue weighted by atomic mass is 16.5. The van der Waals surface area contributed by atoms with Crippen molar-refractivity contribution in [1.82, 2.24) is 0 Å². The van der Waals surface area contributed by atoms with E-state index >= 15 is 0 Å². The van der Waals surface area contributed by atoms with Crippen LogP contribution in [0.25, 0.3) is 0 Å². The predicted octanol–water partition coefficient (Wildman–Crippen LogP) is 12.0. The van der Waals surface area contributed by atoms with Crippen molar-refractivity contribution in [3.63, 3.8) is 0 Å². The summed E-state index contributed by atoms with van der Waals surface area (Å²) < 4.78 is 6.29. The van der Waals surface area contributed by atoms with Gasteiger partial charge in [-0.3, -0.25) is 4.79 Å². The number of hydrogen-bond donors (Lipinski definition) is 2. The van der Waals surface area contributed by atoms with Crippen molar-refractivity contribution in [2.75, 3.05) is 0 Å². The maximum Gasteiger partial charge on any atom is 0.306 e. The van der Waals surface area contributed by atoms with Gasteiger partial charge in [0.05, 0.1) is 12.2 Å². The summed E-state index contributed by atoms with van der Waals surface area (Å²) in [6.07, 6.45) is 25.7. The summed E-state index contributed by atoms with van der Waals surface area (Å²) in [7, 11) is 0. The normalized spacial score (nSPS) is 43.5. The molecule has 4 heteroatoms. The van der Waals surface area contributed by atoms with E-state index in [1.165, 1.54) is 96.3 Å². The van der Waals surface area contributed by atoms with Gasteiger partial charge in [0.25, 0.3) is 0 Å². The number of allylic oxidation sites excluding steroid dienone is 1. The Labute approximate surface area is 308 Å². The minimum absolute atomic E-state index is 0.0153. The van der Waals surface area contributed by atoms with Gasteiger partial charge in [-0.2, -0.15) is 0 Å². The second kappa shape index (κ2) is 15.8. The molecule has 288 valence electrons. The molecule has 4 fully saturated rings. The fourth-order valence-electron chi connectivity index (χ4n) is 13.6. The van der Waals surface area contributed by atoms with Crippen LogP contribution in [0.1, 0.15) is 197 Å². The zero-order valence-electron chi connectivity index (χ0n) is 34.3. The number of ether oxygens (including phenoxy) is 1. The van der Waals surface area contributed by atoms with E-state index in [9.17, 15) is 15.0 Å². The minimum atomic E-state index is -0.616. The number of aliphatic hydroxyl groups excluding tert-OH is 2. The van der Waals surface area contributed by atoms with Crippen LogP contribution in [0.5, 0.6) is 0 Å². The second-order valence-electron chi connectivity index (χ2n) is 20.3. The number of esters is 1. The molecule has 0 aromatic carbocycles. The van der Waals surface area contributed by atoms with Crippen LogP contribution in [-0.4, -0.2) is 34.5 Å². The second-order valence-corrected chi connectivity index (χ2v) is 20.3. The third-order valence-electron chi connectivity index (χ3n) is 17.2. The lowest BCUT2D eigenvalue weighted by molar-refractivity contribution is -0.264. The molecule has 0 heterocycles. The molecular weight excluding hydrogens is 617 g/mol. The van der Waals surface area contributed by atoms with Crippen molar-refractivity contribution in [2.24, 2.45) is 56.7 Å². The van der Waals surface area contributed by atoms with Crippen LogP contribution in [-0.2, 0) is 9.53 Å². The first-order valence-corrected chi connectivity index (χ1v) is 21.9. The van der Waals surface area contributed by atoms with Gasteiger partial charge in [-0.25, -0.2) is 0 Å². The lowest BCUT2D eigenvalue weighted by Gasteiger charge is -2.72. The molecule has 50 heavy (non-hydrogen) atoms. The molecule has 0 spiro atoms. The predicted molar refractivity (Wildman–Crippen MR) is 208 cm³/mol. The molecule has 12 atom stereocenters. The van der Waals surface area contributed by atoms with Crippen LogP contribution in [0.3, 0.4) is 0 Å². The summed E-state index contributed by atoms with van der Waals surface area (Å²) in [4.78, 5) is 13.2. The molecule has 0 radical (unpaired) electrons. The highest BCUT2D eigenvalue weighted by Gasteiger charge is 2.72. The van der Waals surface area contributed by atoms with E-state index in [0.717, 1.165) is 25.7 Å². The zero-order chi connectivity index (χ0) is 36.5. The lowest BCUT2D eigenvalue weighted by atomic mass is 9.32. The largest absolute Gasteiger partial charge is 0.462 e. The molecule has 2 N–H and O–H groups in total. The highest BCUT2D eigenvalue weighted by molar-refractivity contribution is 5.69. The number of carbonyl (C=O) groups is 1. The SMILES string of the molecule is CCCCCCCCCCCCCCCC(=O)OC1CC(O)C2(C)C(CCC3(C)C2C(O)C=C2C4C(C)C(C)CCC4(C)CCC23C)C1(C)C. The molecule has 4 saturated carbocycles. The van der Waals surface area contributed by atoms with Gasteiger partial charge in [0.1, 0.15) is 6.10 Å². The Morgan fingerprint density at radius 3 is 1.96 bits per heavy atom. The molecule has 5 aliphatic carbocycles. The fraction of sp³-hybridized carbons (Fsp3) is 0.935. The molecule has 5 rings (SSSR count). The smallest absolute Gasteiger partial charge is 0.306 e. The molecule has 0 aromatic heterocycles. The Bertz CT molecular complexity index is 1170. The van der Waals surface area contributed by atoms with Crippen molar-refractivity contribution in [1.29, 1.82) is 0 Å². The number of fused-ring (bicyclic) bond motifs is 7. The number of aliphatic hydroxyl groups is 2. The Hall–Kier alpha value is -0.870. The summed E-state index contributed by atoms with van der Waals surface area (Å²) in [5, 5.41) is 24.5. The van der Waals surface area contributed by atoms with Gasteiger partial charge in [0, 0.05) is 29.6 Å². The number of rotatable bonds is 15. The highest BCUT2D eigenvalue weighted by Crippen LogP contribution is 2.75. The average molecular weight is 697 g/mol. The molecule has 0 aliphatic heterocycles. The van der Waals surface area contributed by atoms with Gasteiger partial charge in [-0.05, 0) is 84.9 Å². The van der Waals surface area contributed by atoms with Gasteiger partial charge < -0.3 is 14.9 Å². The van der Waals surface area contributed by atoms with Gasteiger partial charge in [0.2, 0.25) is 0 Å². The van der Waals surface area contributed by atoms with E-state index in [-0.39, 0.29) is 40.2 Å². The van der Waals surface area contributed by atoms with E-state index < -0.39 is 17.6 Å². The Kier molecular flexibility index (Phi) is 12.8. The molecule has 5 aliphatic rings. The molecule has 0 amide bonds. The Balaban J connectivity index is 1.18. The van der Waals surface area contributed by atoms with Crippen LogP contribution in [0, 0.1) is 56.7 Å². The van der Waals surface area contributed by atoms with Gasteiger partial charge in [0.15, 0.2) is 0 Å². The first-order chi connectivity index (χ1) is 23.6. The molecular formula is C46H80O4. The fourth-order valence-corrected chi connectivity index (χ4v) is 13.6. The van der Waals surface area contributed by atoms with Crippen molar-refractivity contribution in [2.45, 2.75) is 215 Å². The van der Waals surface area contributed by atoms with Crippen molar-refractivity contribution in [3.8, 4) is 0 Å². The molecule has 12 unspecified atom stereocenters. The monoisotopic (exact) mass is 697 g/mol. The maximum absolute atomic E-state index is 13.2. The first-order valence-electron chi connectivity index (χ1n) is 21.9. The maximum atomic E-state index is 13.2. The standard InChI is InChI=1S/C46H80O4/c1-10-11-12-13-14-15-16-17-18-19-20-21-22-23-39(49)50-38-31-37(48)46(9)36(42(38,4)5)25-27-45(8)41(46)35(47)30-34-40-33(3)32(2)24-26-43(40,6)28-29-44(34,45)7/h30,32-33,35-38,40-41,47-48H,10-29,31H2,1-9H3. The third kappa shape index (κ3) is 7.19. The van der Waals surface area contributed by atoms with Crippen LogP contribution in [0.4, 0.5) is 0 Å². The van der Waals surface area contributed by atoms with E-state index in [1.807, 2.05) is 0 Å². The Morgan fingerprint density at radius 2 is 1.36 bits per heavy atom. The van der Waals surface area contributed by atoms with Crippen LogP contribution < -0.4 is 0 Å². The molecule has 4 nitrogen and oxygen atoms in total. The average Bonchev–Trinajstić information content (AvgIpc) is 3.05. The van der Waals surface area contributed by atoms with Crippen molar-refractivity contribution >= 4 is 5.97 Å². The van der Waals surface area contributed by atoms with Gasteiger partial charge >= 0.3 is 5.97 Å². The molecule has 0 bridgehead atoms. The van der Waals surface area contributed by atoms with E-state index in [4.69, 9.17) is 4.74 Å². The van der Waals surface area contributed by atoms with E-state index in [2.05, 4.69) is 68.4 Å². The Morgan fingerprint density at radius 1 is 0.780 bits per heavy atom. The van der Waals surface area contributed by atoms with Crippen LogP contribution >= 0.6 is 0 Å². The van der Waals surface area contributed by atoms with Crippen LogP contribution in [0.2, 0.25) is 0 Å². The zero-order valence-corrected chi connectivity index (χ0v) is 34.3. The summed E-state index contributed by atoms with van der Waals surface area (Å²) in [5.41, 5.74) is 1.05. The molecule has 0 aromatic rings. The van der Waals surface area contributed by atoms with Gasteiger partial charge in [-0.15, -0.1) is 0 Å². The summed E-state index contributed by atoms with van der Waals surface area (Å²) in [5.74, 6) is 1.89.